The van der Waals surface area contributed by atoms with Gasteiger partial charge >= 0.3 is 24.3 Å². The van der Waals surface area contributed by atoms with Gasteiger partial charge < -0.3 is 0 Å². The molecule has 0 atom stereocenters. The predicted octanol–water partition coefficient (Wildman–Crippen LogP) is -1.29. The molecule has 0 aromatic carbocycles. The highest BCUT2D eigenvalue weighted by Crippen LogP contribution is 2.74. The van der Waals surface area contributed by atoms with Gasteiger partial charge in [0.05, 0.1) is 8.62 Å². The molecule has 0 saturated heterocycles. The van der Waals surface area contributed by atoms with E-state index in [2.05, 4.69) is 8.62 Å². The van der Waals surface area contributed by atoms with Crippen molar-refractivity contribution in [1.29, 1.82) is 0 Å². The molecule has 0 unspecified atom stereocenters. The third kappa shape index (κ3) is 9.24. The Labute approximate surface area is 74.7 Å². The van der Waals surface area contributed by atoms with E-state index in [1.54, 1.807) is 0 Å². The molecule has 0 aliphatic rings. The summed E-state index contributed by atoms with van der Waals surface area (Å²) in [4.78, 5) is 59.2. The lowest BCUT2D eigenvalue weighted by molar-refractivity contribution is 0.168. The topological polar surface area (TPSA) is 160 Å². The van der Waals surface area contributed by atoms with Crippen molar-refractivity contribution in [2.75, 3.05) is 6.66 Å². The Hall–Kier alpha value is 0.930. The third-order valence-electron chi connectivity index (χ3n) is 0.477. The maximum atomic E-state index is 8.66. The zero-order valence-corrected chi connectivity index (χ0v) is 8.97. The normalized spacial score (nSPS) is 14.8. The van der Waals surface area contributed by atoms with Gasteiger partial charge in [-0.15, -0.1) is 0 Å². The third-order valence-corrected chi connectivity index (χ3v) is 4.29. The Morgan fingerprint density at radius 1 is 0.769 bits per heavy atom. The lowest BCUT2D eigenvalue weighted by Crippen LogP contribution is -2.04. The van der Waals surface area contributed by atoms with Crippen LogP contribution in [0.3, 0.4) is 0 Å². The van der Waals surface area contributed by atoms with Crippen molar-refractivity contribution in [1.82, 2.24) is 0 Å². The van der Waals surface area contributed by atoms with Crippen molar-refractivity contribution in [3.8, 4) is 0 Å². The molecule has 0 amide bonds. The van der Waals surface area contributed by atoms with E-state index in [0.29, 0.717) is 0 Å². The standard InChI is InChI=1S/CH10O9P3/c1-11(2,3)9-13(7,8)10-12(4,5)6/h2-8H,1H3/q+3. The number of hydrogen-bond donors (Lipinski definition) is 7. The van der Waals surface area contributed by atoms with Crippen LogP contribution in [0.25, 0.3) is 0 Å². The van der Waals surface area contributed by atoms with E-state index in [-0.39, 0.29) is 0 Å². The summed E-state index contributed by atoms with van der Waals surface area (Å²) in [5.41, 5.74) is 0. The van der Waals surface area contributed by atoms with E-state index in [0.717, 1.165) is 6.66 Å². The predicted molar refractivity (Wildman–Crippen MR) is 44.4 cm³/mol. The molecule has 0 heterocycles. The molecule has 0 aliphatic heterocycles. The fourth-order valence-corrected chi connectivity index (χ4v) is 3.50. The van der Waals surface area contributed by atoms with Crippen LogP contribution in [-0.2, 0) is 8.62 Å². The monoisotopic (exact) mass is 259 g/mol. The zero-order valence-electron chi connectivity index (χ0n) is 6.29. The van der Waals surface area contributed by atoms with E-state index in [4.69, 9.17) is 34.3 Å². The fraction of sp³-hybridized carbons (Fsp3) is 1.00. The molecule has 9 nitrogen and oxygen atoms in total. The lowest BCUT2D eigenvalue weighted by Gasteiger charge is -2.06. The van der Waals surface area contributed by atoms with Gasteiger partial charge in [0.1, 0.15) is 6.66 Å². The molecule has 0 bridgehead atoms. The molecule has 80 valence electrons. The first-order valence-corrected chi connectivity index (χ1v) is 7.73. The van der Waals surface area contributed by atoms with Gasteiger partial charge in [-0.3, -0.25) is 0 Å². The van der Waals surface area contributed by atoms with Crippen molar-refractivity contribution < 1.29 is 42.9 Å². The summed E-state index contributed by atoms with van der Waals surface area (Å²) in [5, 5.41) is 0. The van der Waals surface area contributed by atoms with Crippen LogP contribution in [-0.4, -0.2) is 40.9 Å². The maximum Gasteiger partial charge on any atom is 0.662 e. The van der Waals surface area contributed by atoms with E-state index in [1.807, 2.05) is 0 Å². The average Bonchev–Trinajstić information content (AvgIpc) is 1.43. The summed E-state index contributed by atoms with van der Waals surface area (Å²) >= 11 is 0. The highest BCUT2D eigenvalue weighted by atomic mass is 31.3. The van der Waals surface area contributed by atoms with E-state index in [9.17, 15) is 0 Å². The van der Waals surface area contributed by atoms with Gasteiger partial charge in [-0.1, -0.05) is 0 Å². The Bertz CT molecular complexity index is 147. The molecule has 13 heavy (non-hydrogen) atoms. The van der Waals surface area contributed by atoms with Gasteiger partial charge in [-0.25, -0.2) is 0 Å². The summed E-state index contributed by atoms with van der Waals surface area (Å²) in [6, 6.07) is 0. The van der Waals surface area contributed by atoms with Crippen molar-refractivity contribution in [2.24, 2.45) is 0 Å². The van der Waals surface area contributed by atoms with Crippen molar-refractivity contribution in [3.63, 3.8) is 0 Å². The summed E-state index contributed by atoms with van der Waals surface area (Å²) in [5.74, 6) is 0. The van der Waals surface area contributed by atoms with Crippen LogP contribution in [0.4, 0.5) is 0 Å². The van der Waals surface area contributed by atoms with E-state index < -0.39 is 24.3 Å². The molecule has 12 heteroatoms. The highest BCUT2D eigenvalue weighted by Gasteiger charge is 2.65. The number of rotatable bonds is 4. The molecule has 0 fully saturated rings. The molecule has 0 aromatic rings. The average molecular weight is 259 g/mol. The summed E-state index contributed by atoms with van der Waals surface area (Å²) in [6.07, 6.45) is 0. The van der Waals surface area contributed by atoms with Gasteiger partial charge in [-0.05, 0) is 0 Å². The van der Waals surface area contributed by atoms with Crippen molar-refractivity contribution in [3.05, 3.63) is 0 Å². The van der Waals surface area contributed by atoms with Crippen LogP contribution in [0.15, 0.2) is 0 Å². The Morgan fingerprint density at radius 3 is 1.38 bits per heavy atom. The Kier molecular flexibility index (Phi) is 4.50. The van der Waals surface area contributed by atoms with Crippen LogP contribution in [0.2, 0.25) is 0 Å². The summed E-state index contributed by atoms with van der Waals surface area (Å²) < 4.78 is 7.26. The Morgan fingerprint density at radius 2 is 1.15 bits per heavy atom. The first kappa shape index (κ1) is 13.9. The second-order valence-electron chi connectivity index (χ2n) is 2.00. The zero-order chi connectivity index (χ0) is 10.9. The van der Waals surface area contributed by atoms with Gasteiger partial charge in [0, 0.05) is 0 Å². The molecular formula is CH10O9P3+3. The minimum Gasteiger partial charge on any atom is -0.190 e. The van der Waals surface area contributed by atoms with Crippen LogP contribution in [0.5, 0.6) is 0 Å². The van der Waals surface area contributed by atoms with Gasteiger partial charge in [0.2, 0.25) is 0 Å². The lowest BCUT2D eigenvalue weighted by atomic mass is 12.0. The second kappa shape index (κ2) is 4.20. The smallest absolute Gasteiger partial charge is 0.190 e. The van der Waals surface area contributed by atoms with Gasteiger partial charge in [-0.2, -0.15) is 34.3 Å². The minimum atomic E-state index is -4.90. The molecule has 0 aromatic heterocycles. The largest absolute Gasteiger partial charge is 0.662 e. The van der Waals surface area contributed by atoms with Gasteiger partial charge in [0.15, 0.2) is 0 Å². The summed E-state index contributed by atoms with van der Waals surface area (Å²) in [6.45, 7) is 0.726. The molecule has 7 N–H and O–H groups in total. The molecule has 0 spiro atoms. The molecule has 0 saturated carbocycles. The minimum absolute atomic E-state index is 0.726. The van der Waals surface area contributed by atoms with E-state index in [1.165, 1.54) is 0 Å². The Balaban J connectivity index is 4.25. The molecule has 0 radical (unpaired) electrons. The van der Waals surface area contributed by atoms with Gasteiger partial charge in [0.25, 0.3) is 0 Å². The molecule has 0 aliphatic carbocycles. The molecule has 0 rings (SSSR count). The SMILES string of the molecule is C[P+](O)(O)O[P+](O)(O)O[P+](O)(O)O. The quantitative estimate of drug-likeness (QED) is 0.305. The number of hydrogen-bond acceptors (Lipinski definition) is 9. The maximum absolute atomic E-state index is 8.66. The first-order chi connectivity index (χ1) is 5.41. The first-order valence-electron chi connectivity index (χ1n) is 2.58. The summed E-state index contributed by atoms with van der Waals surface area (Å²) in [7, 11) is -13.8. The highest BCUT2D eigenvalue weighted by molar-refractivity contribution is 7.74. The second-order valence-corrected chi connectivity index (χ2v) is 6.99. The van der Waals surface area contributed by atoms with Crippen LogP contribution < -0.4 is 0 Å². The fourth-order valence-electron chi connectivity index (χ4n) is 0.359. The van der Waals surface area contributed by atoms with Crippen LogP contribution in [0, 0.1) is 0 Å². The van der Waals surface area contributed by atoms with Crippen LogP contribution >= 0.6 is 24.3 Å². The van der Waals surface area contributed by atoms with Crippen molar-refractivity contribution >= 4 is 24.3 Å². The van der Waals surface area contributed by atoms with Crippen molar-refractivity contribution in [2.45, 2.75) is 0 Å². The van der Waals surface area contributed by atoms with Crippen LogP contribution in [0.1, 0.15) is 0 Å². The molecular weight excluding hydrogens is 249 g/mol. The van der Waals surface area contributed by atoms with E-state index >= 15 is 0 Å².